The van der Waals surface area contributed by atoms with Crippen LogP contribution in [0.4, 0.5) is 5.69 Å². The van der Waals surface area contributed by atoms with Crippen LogP contribution in [-0.4, -0.2) is 19.9 Å². The van der Waals surface area contributed by atoms with Gasteiger partial charge in [0.15, 0.2) is 0 Å². The Balaban J connectivity index is 2.26. The van der Waals surface area contributed by atoms with Crippen molar-refractivity contribution in [3.8, 4) is 0 Å². The van der Waals surface area contributed by atoms with E-state index in [1.807, 2.05) is 6.92 Å². The highest BCUT2D eigenvalue weighted by molar-refractivity contribution is 7.89. The van der Waals surface area contributed by atoms with Gasteiger partial charge in [-0.3, -0.25) is 4.79 Å². The van der Waals surface area contributed by atoms with E-state index in [1.54, 1.807) is 39.0 Å². The van der Waals surface area contributed by atoms with Gasteiger partial charge in [0.25, 0.3) is 0 Å². The number of rotatable bonds is 4. The summed E-state index contributed by atoms with van der Waals surface area (Å²) in [6, 6.07) is 6.47. The van der Waals surface area contributed by atoms with Crippen LogP contribution in [0.5, 0.6) is 0 Å². The van der Waals surface area contributed by atoms with Gasteiger partial charge in [0.1, 0.15) is 4.90 Å². The summed E-state index contributed by atoms with van der Waals surface area (Å²) in [4.78, 5) is 12.1. The normalized spacial score (nSPS) is 21.9. The summed E-state index contributed by atoms with van der Waals surface area (Å²) in [5.41, 5.74) is -0.251. The molecule has 2 N–H and O–H groups in total. The second-order valence-corrected chi connectivity index (χ2v) is 8.31. The summed E-state index contributed by atoms with van der Waals surface area (Å²) in [5, 5.41) is 2.74. The molecule has 1 saturated carbocycles. The number of nitrogens with one attached hydrogen (secondary N) is 2. The highest BCUT2D eigenvalue weighted by Crippen LogP contribution is 2.38. The fourth-order valence-electron chi connectivity index (χ4n) is 2.18. The quantitative estimate of drug-likeness (QED) is 0.896. The molecule has 1 aliphatic carbocycles. The van der Waals surface area contributed by atoms with Crippen LogP contribution < -0.4 is 10.0 Å². The summed E-state index contributed by atoms with van der Waals surface area (Å²) < 4.78 is 27.5. The van der Waals surface area contributed by atoms with Crippen molar-refractivity contribution in [2.24, 2.45) is 11.8 Å². The Kier molecular flexibility index (Phi) is 4.13. The van der Waals surface area contributed by atoms with Gasteiger partial charge in [-0.15, -0.1) is 0 Å². The fraction of sp³-hybridized carbons (Fsp3) is 0.533. The van der Waals surface area contributed by atoms with E-state index in [0.29, 0.717) is 11.6 Å². The number of amides is 1. The number of carbonyl (C=O) groups excluding carboxylic acids is 1. The highest BCUT2D eigenvalue weighted by atomic mass is 32.2. The van der Waals surface area contributed by atoms with Gasteiger partial charge in [0.2, 0.25) is 15.9 Å². The predicted molar refractivity (Wildman–Crippen MR) is 82.4 cm³/mol. The van der Waals surface area contributed by atoms with Crippen LogP contribution in [0.15, 0.2) is 29.2 Å². The van der Waals surface area contributed by atoms with E-state index in [2.05, 4.69) is 10.0 Å². The standard InChI is InChI=1S/C15H22N2O3S/c1-10-9-11(10)14(18)16-12-7-5-6-8-13(12)21(19,20)17-15(2,3)4/h5-8,10-11,17H,9H2,1-4H3,(H,16,18)/t10-,11+/m0/s1. The van der Waals surface area contributed by atoms with Gasteiger partial charge in [0.05, 0.1) is 5.69 Å². The number of carbonyl (C=O) groups is 1. The molecule has 21 heavy (non-hydrogen) atoms. The largest absolute Gasteiger partial charge is 0.325 e. The molecule has 0 unspecified atom stereocenters. The molecule has 0 bridgehead atoms. The third kappa shape index (κ3) is 4.04. The van der Waals surface area contributed by atoms with Crippen molar-refractivity contribution in [3.05, 3.63) is 24.3 Å². The van der Waals surface area contributed by atoms with Gasteiger partial charge < -0.3 is 5.32 Å². The second kappa shape index (κ2) is 5.42. The van der Waals surface area contributed by atoms with E-state index in [1.165, 1.54) is 6.07 Å². The maximum atomic E-state index is 12.4. The summed E-state index contributed by atoms with van der Waals surface area (Å²) in [5.74, 6) is 0.263. The molecule has 0 radical (unpaired) electrons. The Morgan fingerprint density at radius 3 is 2.33 bits per heavy atom. The zero-order valence-corrected chi connectivity index (χ0v) is 13.6. The van der Waals surface area contributed by atoms with Gasteiger partial charge in [-0.05, 0) is 45.2 Å². The minimum absolute atomic E-state index is 0.00339. The lowest BCUT2D eigenvalue weighted by Gasteiger charge is -2.21. The maximum absolute atomic E-state index is 12.4. The molecule has 1 aliphatic rings. The number of sulfonamides is 1. The van der Waals surface area contributed by atoms with E-state index < -0.39 is 15.6 Å². The summed E-state index contributed by atoms with van der Waals surface area (Å²) >= 11 is 0. The zero-order chi connectivity index (χ0) is 15.8. The minimum atomic E-state index is -3.68. The van der Waals surface area contributed by atoms with Gasteiger partial charge >= 0.3 is 0 Å². The van der Waals surface area contributed by atoms with Crippen molar-refractivity contribution in [2.75, 3.05) is 5.32 Å². The molecule has 0 heterocycles. The number of para-hydroxylation sites is 1. The molecule has 5 nitrogen and oxygen atoms in total. The van der Waals surface area contributed by atoms with E-state index in [4.69, 9.17) is 0 Å². The molecule has 2 atom stereocenters. The van der Waals surface area contributed by atoms with E-state index in [9.17, 15) is 13.2 Å². The van der Waals surface area contributed by atoms with Crippen molar-refractivity contribution >= 4 is 21.6 Å². The average Bonchev–Trinajstić information content (AvgIpc) is 3.04. The van der Waals surface area contributed by atoms with E-state index in [-0.39, 0.29) is 16.7 Å². The molecular formula is C15H22N2O3S. The fourth-order valence-corrected chi connectivity index (χ4v) is 3.76. The molecule has 1 aromatic carbocycles. The molecular weight excluding hydrogens is 288 g/mol. The van der Waals surface area contributed by atoms with Crippen LogP contribution in [0.3, 0.4) is 0 Å². The van der Waals surface area contributed by atoms with Gasteiger partial charge in [-0.2, -0.15) is 0 Å². The molecule has 1 aromatic rings. The maximum Gasteiger partial charge on any atom is 0.243 e. The molecule has 1 fully saturated rings. The lowest BCUT2D eigenvalue weighted by atomic mass is 10.1. The minimum Gasteiger partial charge on any atom is -0.325 e. The van der Waals surface area contributed by atoms with Gasteiger partial charge in [-0.1, -0.05) is 19.1 Å². The number of hydrogen-bond donors (Lipinski definition) is 2. The monoisotopic (exact) mass is 310 g/mol. The van der Waals surface area contributed by atoms with Crippen molar-refractivity contribution in [1.82, 2.24) is 4.72 Å². The van der Waals surface area contributed by atoms with Crippen molar-refractivity contribution in [2.45, 2.75) is 44.6 Å². The SMILES string of the molecule is C[C@H]1C[C@H]1C(=O)Nc1ccccc1S(=O)(=O)NC(C)(C)C. The molecule has 1 amide bonds. The lowest BCUT2D eigenvalue weighted by Crippen LogP contribution is -2.40. The van der Waals surface area contributed by atoms with Crippen molar-refractivity contribution in [3.63, 3.8) is 0 Å². The topological polar surface area (TPSA) is 75.3 Å². The van der Waals surface area contributed by atoms with Gasteiger partial charge in [0, 0.05) is 11.5 Å². The van der Waals surface area contributed by atoms with E-state index >= 15 is 0 Å². The predicted octanol–water partition coefficient (Wildman–Crippen LogP) is 2.36. The number of hydrogen-bond acceptors (Lipinski definition) is 3. The van der Waals surface area contributed by atoms with Crippen molar-refractivity contribution < 1.29 is 13.2 Å². The Morgan fingerprint density at radius 1 is 1.24 bits per heavy atom. The zero-order valence-electron chi connectivity index (χ0n) is 12.8. The van der Waals surface area contributed by atoms with E-state index in [0.717, 1.165) is 6.42 Å². The van der Waals surface area contributed by atoms with Crippen LogP contribution in [-0.2, 0) is 14.8 Å². The molecule has 0 spiro atoms. The van der Waals surface area contributed by atoms with Crippen LogP contribution in [0.1, 0.15) is 34.1 Å². The van der Waals surface area contributed by atoms with Crippen LogP contribution in [0.25, 0.3) is 0 Å². The number of benzene rings is 1. The molecule has 0 aliphatic heterocycles. The van der Waals surface area contributed by atoms with Crippen molar-refractivity contribution in [1.29, 1.82) is 0 Å². The highest BCUT2D eigenvalue weighted by Gasteiger charge is 2.39. The first kappa shape index (κ1) is 16.0. The first-order valence-corrected chi connectivity index (χ1v) is 8.52. The smallest absolute Gasteiger partial charge is 0.243 e. The summed E-state index contributed by atoms with van der Waals surface area (Å²) in [6.07, 6.45) is 0.862. The average molecular weight is 310 g/mol. The lowest BCUT2D eigenvalue weighted by molar-refractivity contribution is -0.117. The molecule has 116 valence electrons. The second-order valence-electron chi connectivity index (χ2n) is 6.66. The molecule has 6 heteroatoms. The molecule has 2 rings (SSSR count). The van der Waals surface area contributed by atoms with Crippen LogP contribution >= 0.6 is 0 Å². The Hall–Kier alpha value is -1.40. The van der Waals surface area contributed by atoms with Crippen LogP contribution in [0.2, 0.25) is 0 Å². The Labute approximate surface area is 126 Å². The third-order valence-electron chi connectivity index (χ3n) is 3.32. The molecule has 0 aromatic heterocycles. The first-order valence-electron chi connectivity index (χ1n) is 7.04. The Bertz CT molecular complexity index is 647. The molecule has 0 saturated heterocycles. The van der Waals surface area contributed by atoms with Crippen LogP contribution in [0, 0.1) is 11.8 Å². The Morgan fingerprint density at radius 2 is 1.81 bits per heavy atom. The first-order chi connectivity index (χ1) is 9.60. The summed E-state index contributed by atoms with van der Waals surface area (Å²) in [7, 11) is -3.68. The summed E-state index contributed by atoms with van der Waals surface area (Å²) in [6.45, 7) is 7.33. The van der Waals surface area contributed by atoms with Gasteiger partial charge in [-0.25, -0.2) is 13.1 Å². The number of anilines is 1. The third-order valence-corrected chi connectivity index (χ3v) is 5.14.